The van der Waals surface area contributed by atoms with Crippen LogP contribution in [0.4, 0.5) is 8.78 Å². The fourth-order valence-electron chi connectivity index (χ4n) is 1.20. The first-order chi connectivity index (χ1) is 6.09. The van der Waals surface area contributed by atoms with Crippen LogP contribution in [0.15, 0.2) is 24.3 Å². The van der Waals surface area contributed by atoms with Crippen molar-refractivity contribution in [2.24, 2.45) is 0 Å². The second-order valence-corrected chi connectivity index (χ2v) is 3.10. The summed E-state index contributed by atoms with van der Waals surface area (Å²) in [5.41, 5.74) is 0.756. The Morgan fingerprint density at radius 3 is 2.62 bits per heavy atom. The van der Waals surface area contributed by atoms with Crippen molar-refractivity contribution in [3.8, 4) is 0 Å². The summed E-state index contributed by atoms with van der Waals surface area (Å²) in [6.07, 6.45) is -2.51. The van der Waals surface area contributed by atoms with Gasteiger partial charge in [0.15, 0.2) is 0 Å². The van der Waals surface area contributed by atoms with Gasteiger partial charge in [0.2, 0.25) is 0 Å². The molecule has 0 heterocycles. The summed E-state index contributed by atoms with van der Waals surface area (Å²) >= 11 is 0. The van der Waals surface area contributed by atoms with Gasteiger partial charge in [-0.2, -0.15) is 0 Å². The van der Waals surface area contributed by atoms with Crippen molar-refractivity contribution in [2.45, 2.75) is 25.9 Å². The van der Waals surface area contributed by atoms with Gasteiger partial charge >= 0.3 is 0 Å². The smallest absolute Gasteiger partial charge is 0.263 e. The van der Waals surface area contributed by atoms with E-state index in [1.807, 2.05) is 0 Å². The van der Waals surface area contributed by atoms with Gasteiger partial charge in [0.05, 0.1) is 6.10 Å². The molecular formula is C10H12F2O. The Morgan fingerprint density at radius 2 is 2.08 bits per heavy atom. The monoisotopic (exact) mass is 186 g/mol. The molecule has 0 amide bonds. The minimum atomic E-state index is -2.44. The van der Waals surface area contributed by atoms with E-state index >= 15 is 0 Å². The van der Waals surface area contributed by atoms with Gasteiger partial charge in [-0.3, -0.25) is 0 Å². The molecule has 0 aliphatic carbocycles. The second kappa shape index (κ2) is 4.33. The average molecular weight is 186 g/mol. The van der Waals surface area contributed by atoms with E-state index in [4.69, 9.17) is 5.11 Å². The van der Waals surface area contributed by atoms with Crippen LogP contribution in [0, 0.1) is 0 Å². The molecule has 1 aromatic rings. The number of aliphatic hydroxyl groups is 1. The van der Waals surface area contributed by atoms with E-state index in [0.717, 1.165) is 5.56 Å². The zero-order chi connectivity index (χ0) is 9.84. The fourth-order valence-corrected chi connectivity index (χ4v) is 1.20. The normalized spacial score (nSPS) is 13.3. The van der Waals surface area contributed by atoms with Crippen LogP contribution in [0.25, 0.3) is 0 Å². The lowest BCUT2D eigenvalue weighted by molar-refractivity contribution is 0.151. The van der Waals surface area contributed by atoms with E-state index in [1.54, 1.807) is 19.1 Å². The minimum absolute atomic E-state index is 0.0122. The number of alkyl halides is 2. The summed E-state index contributed by atoms with van der Waals surface area (Å²) in [4.78, 5) is 0. The predicted molar refractivity (Wildman–Crippen MR) is 46.8 cm³/mol. The number of benzene rings is 1. The molecule has 1 rings (SSSR count). The van der Waals surface area contributed by atoms with Crippen LogP contribution in [-0.4, -0.2) is 11.2 Å². The summed E-state index contributed by atoms with van der Waals surface area (Å²) in [5.74, 6) is 0. The maximum absolute atomic E-state index is 12.2. The van der Waals surface area contributed by atoms with Crippen LogP contribution in [0.3, 0.4) is 0 Å². The number of rotatable bonds is 3. The van der Waals surface area contributed by atoms with Gasteiger partial charge in [-0.1, -0.05) is 24.3 Å². The molecule has 0 aliphatic heterocycles. The standard InChI is InChI=1S/C10H12F2O/c1-7(13)5-8-3-2-4-9(6-8)10(11)12/h2-4,6-7,10,13H,5H2,1H3/t7-/m0/s1. The van der Waals surface area contributed by atoms with Crippen LogP contribution in [0.1, 0.15) is 24.5 Å². The molecule has 1 nitrogen and oxygen atoms in total. The quantitative estimate of drug-likeness (QED) is 0.769. The van der Waals surface area contributed by atoms with Gasteiger partial charge in [0.1, 0.15) is 0 Å². The number of aliphatic hydroxyl groups excluding tert-OH is 1. The lowest BCUT2D eigenvalue weighted by atomic mass is 10.1. The SMILES string of the molecule is C[C@H](O)Cc1cccc(C(F)F)c1. The summed E-state index contributed by atoms with van der Waals surface area (Å²) in [6.45, 7) is 1.63. The number of hydrogen-bond donors (Lipinski definition) is 1. The average Bonchev–Trinajstić information content (AvgIpc) is 2.03. The zero-order valence-corrected chi connectivity index (χ0v) is 7.37. The molecule has 3 heteroatoms. The maximum atomic E-state index is 12.2. The third-order valence-corrected chi connectivity index (χ3v) is 1.73. The van der Waals surface area contributed by atoms with Crippen LogP contribution in [0.5, 0.6) is 0 Å². The van der Waals surface area contributed by atoms with Crippen molar-refractivity contribution >= 4 is 0 Å². The molecule has 0 spiro atoms. The van der Waals surface area contributed by atoms with Crippen molar-refractivity contribution in [3.63, 3.8) is 0 Å². The van der Waals surface area contributed by atoms with Crippen molar-refractivity contribution in [1.82, 2.24) is 0 Å². The van der Waals surface area contributed by atoms with E-state index in [0.29, 0.717) is 6.42 Å². The van der Waals surface area contributed by atoms with Crippen LogP contribution in [-0.2, 0) is 6.42 Å². The Kier molecular flexibility index (Phi) is 3.37. The van der Waals surface area contributed by atoms with Gasteiger partial charge in [-0.05, 0) is 18.9 Å². The van der Waals surface area contributed by atoms with E-state index in [-0.39, 0.29) is 5.56 Å². The fraction of sp³-hybridized carbons (Fsp3) is 0.400. The summed E-state index contributed by atoms with van der Waals surface area (Å²) < 4.78 is 24.4. The van der Waals surface area contributed by atoms with Gasteiger partial charge in [0.25, 0.3) is 6.43 Å². The number of halogens is 2. The topological polar surface area (TPSA) is 20.2 Å². The molecule has 0 radical (unpaired) electrons. The molecular weight excluding hydrogens is 174 g/mol. The van der Waals surface area contributed by atoms with E-state index in [9.17, 15) is 8.78 Å². The molecule has 1 atom stereocenters. The highest BCUT2D eigenvalue weighted by atomic mass is 19.3. The predicted octanol–water partition coefficient (Wildman–Crippen LogP) is 2.55. The summed E-state index contributed by atoms with van der Waals surface area (Å²) in [5, 5.41) is 9.05. The number of hydrogen-bond acceptors (Lipinski definition) is 1. The highest BCUT2D eigenvalue weighted by Gasteiger charge is 2.07. The third kappa shape index (κ3) is 3.11. The highest BCUT2D eigenvalue weighted by Crippen LogP contribution is 2.19. The van der Waals surface area contributed by atoms with Crippen LogP contribution in [0.2, 0.25) is 0 Å². The Balaban J connectivity index is 2.79. The molecule has 1 N–H and O–H groups in total. The van der Waals surface area contributed by atoms with Crippen molar-refractivity contribution < 1.29 is 13.9 Å². The molecule has 13 heavy (non-hydrogen) atoms. The first-order valence-electron chi connectivity index (χ1n) is 4.14. The third-order valence-electron chi connectivity index (χ3n) is 1.73. The first kappa shape index (κ1) is 10.1. The summed E-state index contributed by atoms with van der Waals surface area (Å²) in [7, 11) is 0. The molecule has 0 saturated carbocycles. The summed E-state index contributed by atoms with van der Waals surface area (Å²) in [6, 6.07) is 6.13. The van der Waals surface area contributed by atoms with Gasteiger partial charge in [-0.25, -0.2) is 8.78 Å². The van der Waals surface area contributed by atoms with E-state index < -0.39 is 12.5 Å². The first-order valence-corrected chi connectivity index (χ1v) is 4.14. The molecule has 0 aromatic heterocycles. The molecule has 1 aromatic carbocycles. The zero-order valence-electron chi connectivity index (χ0n) is 7.37. The van der Waals surface area contributed by atoms with E-state index in [2.05, 4.69) is 0 Å². The Hall–Kier alpha value is -0.960. The Labute approximate surface area is 76.0 Å². The molecule has 0 fully saturated rings. The largest absolute Gasteiger partial charge is 0.393 e. The second-order valence-electron chi connectivity index (χ2n) is 3.10. The van der Waals surface area contributed by atoms with Gasteiger partial charge < -0.3 is 5.11 Å². The highest BCUT2D eigenvalue weighted by molar-refractivity contribution is 5.24. The molecule has 0 unspecified atom stereocenters. The molecule has 72 valence electrons. The maximum Gasteiger partial charge on any atom is 0.263 e. The lowest BCUT2D eigenvalue weighted by Crippen LogP contribution is -2.04. The van der Waals surface area contributed by atoms with Gasteiger partial charge in [-0.15, -0.1) is 0 Å². The van der Waals surface area contributed by atoms with E-state index in [1.165, 1.54) is 12.1 Å². The van der Waals surface area contributed by atoms with Crippen molar-refractivity contribution in [2.75, 3.05) is 0 Å². The molecule has 0 bridgehead atoms. The Bertz CT molecular complexity index is 271. The van der Waals surface area contributed by atoms with Crippen LogP contribution >= 0.6 is 0 Å². The van der Waals surface area contributed by atoms with Gasteiger partial charge in [0, 0.05) is 5.56 Å². The van der Waals surface area contributed by atoms with Crippen molar-refractivity contribution in [3.05, 3.63) is 35.4 Å². The molecule has 0 aliphatic rings. The minimum Gasteiger partial charge on any atom is -0.393 e. The molecule has 0 saturated heterocycles. The Morgan fingerprint density at radius 1 is 1.38 bits per heavy atom. The lowest BCUT2D eigenvalue weighted by Gasteiger charge is -2.06. The van der Waals surface area contributed by atoms with Crippen LogP contribution < -0.4 is 0 Å². The van der Waals surface area contributed by atoms with Crippen molar-refractivity contribution in [1.29, 1.82) is 0 Å².